The van der Waals surface area contributed by atoms with Crippen LogP contribution in [0.15, 0.2) is 24.3 Å². The second-order valence-corrected chi connectivity index (χ2v) is 7.82. The van der Waals surface area contributed by atoms with Gasteiger partial charge in [-0.3, -0.25) is 19.4 Å². The van der Waals surface area contributed by atoms with Gasteiger partial charge >= 0.3 is 0 Å². The van der Waals surface area contributed by atoms with Crippen molar-refractivity contribution in [2.75, 3.05) is 37.7 Å². The molecule has 2 saturated heterocycles. The summed E-state index contributed by atoms with van der Waals surface area (Å²) in [6.45, 7) is 6.26. The number of benzene rings is 1. The molecule has 25 heavy (non-hydrogen) atoms. The topological polar surface area (TPSA) is 43.9 Å². The van der Waals surface area contributed by atoms with Gasteiger partial charge in [-0.05, 0) is 31.4 Å². The maximum atomic E-state index is 12.8. The fourth-order valence-electron chi connectivity index (χ4n) is 4.69. The van der Waals surface area contributed by atoms with E-state index in [0.717, 1.165) is 51.9 Å². The summed E-state index contributed by atoms with van der Waals surface area (Å²) in [7, 11) is 0. The number of nitrogens with zero attached hydrogens (tertiary/aromatic N) is 3. The third kappa shape index (κ3) is 2.95. The van der Waals surface area contributed by atoms with Gasteiger partial charge in [0.05, 0.1) is 12.1 Å². The monoisotopic (exact) mass is 341 g/mol. The van der Waals surface area contributed by atoms with Gasteiger partial charge in [-0.15, -0.1) is 0 Å². The zero-order chi connectivity index (χ0) is 17.4. The predicted molar refractivity (Wildman–Crippen MR) is 97.2 cm³/mol. The van der Waals surface area contributed by atoms with Crippen molar-refractivity contribution in [3.05, 3.63) is 29.8 Å². The molecule has 1 spiro atoms. The molecule has 0 atom stereocenters. The molecule has 0 bridgehead atoms. The number of carbonyl (C=O) groups is 2. The smallest absolute Gasteiger partial charge is 0.237 e. The number of anilines is 1. The Morgan fingerprint density at radius 2 is 1.68 bits per heavy atom. The van der Waals surface area contributed by atoms with Crippen molar-refractivity contribution in [2.45, 2.75) is 39.0 Å². The minimum absolute atomic E-state index is 0.0354. The Morgan fingerprint density at radius 3 is 2.36 bits per heavy atom. The minimum Gasteiger partial charge on any atom is -0.369 e. The summed E-state index contributed by atoms with van der Waals surface area (Å²) < 4.78 is 0. The second-order valence-electron chi connectivity index (χ2n) is 7.82. The Bertz CT molecular complexity index is 673. The number of para-hydroxylation sites is 1. The van der Waals surface area contributed by atoms with E-state index in [1.165, 1.54) is 16.2 Å². The van der Waals surface area contributed by atoms with Gasteiger partial charge in [0.25, 0.3) is 0 Å². The van der Waals surface area contributed by atoms with Crippen LogP contribution in [0, 0.1) is 12.3 Å². The summed E-state index contributed by atoms with van der Waals surface area (Å²) in [4.78, 5) is 31.4. The number of piperazine rings is 1. The van der Waals surface area contributed by atoms with Crippen molar-refractivity contribution in [2.24, 2.45) is 5.41 Å². The summed E-state index contributed by atoms with van der Waals surface area (Å²) in [5, 5.41) is 0. The van der Waals surface area contributed by atoms with Crippen molar-refractivity contribution in [1.82, 2.24) is 9.80 Å². The standard InChI is InChI=1S/C20H27N3O2/c1-16-6-2-3-7-17(16)22-12-10-21(11-13-22)15-23-18(24)14-20(19(23)25)8-4-5-9-20/h2-3,6-7H,4-5,8-15H2,1H3. The molecule has 2 heterocycles. The average Bonchev–Trinajstić information content (AvgIpc) is 3.17. The van der Waals surface area contributed by atoms with Gasteiger partial charge in [0.15, 0.2) is 0 Å². The maximum Gasteiger partial charge on any atom is 0.237 e. The van der Waals surface area contributed by atoms with E-state index in [2.05, 4.69) is 41.0 Å². The maximum absolute atomic E-state index is 12.8. The Hall–Kier alpha value is -1.88. The summed E-state index contributed by atoms with van der Waals surface area (Å²) in [6.07, 6.45) is 4.41. The van der Waals surface area contributed by atoms with E-state index in [1.807, 2.05) is 0 Å². The van der Waals surface area contributed by atoms with Crippen LogP contribution >= 0.6 is 0 Å². The molecule has 3 aliphatic rings. The largest absolute Gasteiger partial charge is 0.369 e. The van der Waals surface area contributed by atoms with Crippen LogP contribution in [0.5, 0.6) is 0 Å². The number of imide groups is 1. The molecule has 1 aromatic carbocycles. The van der Waals surface area contributed by atoms with Gasteiger partial charge in [0.2, 0.25) is 11.8 Å². The molecule has 3 fully saturated rings. The van der Waals surface area contributed by atoms with Gasteiger partial charge in [-0.1, -0.05) is 31.0 Å². The van der Waals surface area contributed by atoms with E-state index in [4.69, 9.17) is 0 Å². The molecule has 2 aliphatic heterocycles. The van der Waals surface area contributed by atoms with E-state index in [-0.39, 0.29) is 17.2 Å². The van der Waals surface area contributed by atoms with Crippen molar-refractivity contribution >= 4 is 17.5 Å². The highest BCUT2D eigenvalue weighted by molar-refractivity contribution is 6.06. The number of amides is 2. The lowest BCUT2D eigenvalue weighted by atomic mass is 9.85. The lowest BCUT2D eigenvalue weighted by Crippen LogP contribution is -2.51. The normalized spacial score (nSPS) is 23.9. The number of likely N-dealkylation sites (tertiary alicyclic amines) is 1. The fourth-order valence-corrected chi connectivity index (χ4v) is 4.69. The molecule has 5 heteroatoms. The molecule has 134 valence electrons. The number of carbonyl (C=O) groups excluding carboxylic acids is 2. The minimum atomic E-state index is -0.347. The van der Waals surface area contributed by atoms with Crippen molar-refractivity contribution in [1.29, 1.82) is 0 Å². The van der Waals surface area contributed by atoms with Gasteiger partial charge in [0.1, 0.15) is 0 Å². The molecule has 1 saturated carbocycles. The van der Waals surface area contributed by atoms with Gasteiger partial charge in [0, 0.05) is 38.3 Å². The highest BCUT2D eigenvalue weighted by Crippen LogP contribution is 2.46. The lowest BCUT2D eigenvalue weighted by molar-refractivity contribution is -0.143. The van der Waals surface area contributed by atoms with Gasteiger partial charge < -0.3 is 4.90 Å². The third-order valence-electron chi connectivity index (χ3n) is 6.22. The first-order valence-electron chi connectivity index (χ1n) is 9.47. The average molecular weight is 341 g/mol. The zero-order valence-corrected chi connectivity index (χ0v) is 15.0. The van der Waals surface area contributed by atoms with Crippen LogP contribution in [-0.4, -0.2) is 54.5 Å². The molecule has 0 radical (unpaired) electrons. The molecule has 1 aromatic rings. The fraction of sp³-hybridized carbons (Fsp3) is 0.600. The summed E-state index contributed by atoms with van der Waals surface area (Å²) >= 11 is 0. The molecule has 0 unspecified atom stereocenters. The van der Waals surface area contributed by atoms with Crippen LogP contribution in [0.1, 0.15) is 37.7 Å². The first kappa shape index (κ1) is 16.6. The Labute approximate surface area is 149 Å². The lowest BCUT2D eigenvalue weighted by Gasteiger charge is -2.38. The quantitative estimate of drug-likeness (QED) is 0.792. The van der Waals surface area contributed by atoms with Crippen LogP contribution in [0.2, 0.25) is 0 Å². The number of rotatable bonds is 3. The van der Waals surface area contributed by atoms with Crippen molar-refractivity contribution < 1.29 is 9.59 Å². The molecule has 5 nitrogen and oxygen atoms in total. The highest BCUT2D eigenvalue weighted by Gasteiger charge is 2.52. The highest BCUT2D eigenvalue weighted by atomic mass is 16.2. The van der Waals surface area contributed by atoms with Crippen LogP contribution in [-0.2, 0) is 9.59 Å². The van der Waals surface area contributed by atoms with E-state index in [0.29, 0.717) is 13.1 Å². The predicted octanol–water partition coefficient (Wildman–Crippen LogP) is 2.39. The molecule has 0 aromatic heterocycles. The summed E-state index contributed by atoms with van der Waals surface area (Å²) in [5.74, 6) is 0.129. The van der Waals surface area contributed by atoms with Crippen molar-refractivity contribution in [3.8, 4) is 0 Å². The number of hydrogen-bond acceptors (Lipinski definition) is 4. The first-order valence-corrected chi connectivity index (χ1v) is 9.47. The number of aryl methyl sites for hydroxylation is 1. The Balaban J connectivity index is 1.37. The van der Waals surface area contributed by atoms with E-state index < -0.39 is 0 Å². The third-order valence-corrected chi connectivity index (χ3v) is 6.22. The number of hydrogen-bond donors (Lipinski definition) is 0. The van der Waals surface area contributed by atoms with Crippen LogP contribution in [0.4, 0.5) is 5.69 Å². The van der Waals surface area contributed by atoms with E-state index >= 15 is 0 Å². The molecule has 4 rings (SSSR count). The zero-order valence-electron chi connectivity index (χ0n) is 15.0. The molecule has 2 amide bonds. The second kappa shape index (κ2) is 6.45. The van der Waals surface area contributed by atoms with E-state index in [9.17, 15) is 9.59 Å². The first-order chi connectivity index (χ1) is 12.1. The Morgan fingerprint density at radius 1 is 1.00 bits per heavy atom. The molecule has 1 aliphatic carbocycles. The molecular formula is C20H27N3O2. The summed E-state index contributed by atoms with van der Waals surface area (Å²) in [5.41, 5.74) is 2.24. The SMILES string of the molecule is Cc1ccccc1N1CCN(CN2C(=O)CC3(CCCC3)C2=O)CC1. The van der Waals surface area contributed by atoms with Crippen LogP contribution in [0.3, 0.4) is 0 Å². The molecular weight excluding hydrogens is 314 g/mol. The van der Waals surface area contributed by atoms with Crippen LogP contribution < -0.4 is 4.90 Å². The van der Waals surface area contributed by atoms with Gasteiger partial charge in [-0.2, -0.15) is 0 Å². The van der Waals surface area contributed by atoms with E-state index in [1.54, 1.807) is 0 Å². The molecule has 0 N–H and O–H groups in total. The Kier molecular flexibility index (Phi) is 4.28. The van der Waals surface area contributed by atoms with Gasteiger partial charge in [-0.25, -0.2) is 0 Å². The van der Waals surface area contributed by atoms with Crippen LogP contribution in [0.25, 0.3) is 0 Å². The van der Waals surface area contributed by atoms with Crippen molar-refractivity contribution in [3.63, 3.8) is 0 Å². The summed E-state index contributed by atoms with van der Waals surface area (Å²) in [6, 6.07) is 8.46.